The summed E-state index contributed by atoms with van der Waals surface area (Å²) in [6.45, 7) is 1.84. The molecule has 7 nitrogen and oxygen atoms in total. The lowest BCUT2D eigenvalue weighted by Crippen LogP contribution is -2.13. The number of hydrogen-bond donors (Lipinski definition) is 1. The van der Waals surface area contributed by atoms with Crippen LogP contribution in [0.5, 0.6) is 11.5 Å². The smallest absolute Gasteiger partial charge is 0.279 e. The van der Waals surface area contributed by atoms with Crippen LogP contribution in [0, 0.1) is 6.92 Å². The van der Waals surface area contributed by atoms with Crippen molar-refractivity contribution in [3.8, 4) is 11.5 Å². The van der Waals surface area contributed by atoms with Crippen LogP contribution in [0.2, 0.25) is 0 Å². The van der Waals surface area contributed by atoms with E-state index in [9.17, 15) is 4.79 Å². The van der Waals surface area contributed by atoms with Crippen molar-refractivity contribution in [2.75, 3.05) is 12.1 Å². The van der Waals surface area contributed by atoms with Crippen molar-refractivity contribution in [3.63, 3.8) is 0 Å². The molecule has 1 aromatic heterocycles. The Balaban J connectivity index is 1.81. The topological polar surface area (TPSA) is 86.5 Å². The lowest BCUT2D eigenvalue weighted by Gasteiger charge is -2.04. The number of hydrogen-bond acceptors (Lipinski definition) is 6. The number of nitrogens with one attached hydrogen (secondary N) is 1. The normalized spacial score (nSPS) is 12.5. The Hall–Kier alpha value is -2.57. The van der Waals surface area contributed by atoms with Gasteiger partial charge < -0.3 is 14.8 Å². The molecule has 1 aliphatic rings. The number of fused-ring (bicyclic) bond motifs is 1. The van der Waals surface area contributed by atoms with E-state index in [1.165, 1.54) is 0 Å². The first-order valence-electron chi connectivity index (χ1n) is 5.24. The number of benzene rings is 1. The minimum atomic E-state index is -0.382. The second-order valence-corrected chi connectivity index (χ2v) is 3.72. The number of amides is 1. The Bertz CT molecular complexity index is 608. The molecule has 92 valence electrons. The molecule has 1 aliphatic heterocycles. The first kappa shape index (κ1) is 10.6. The molecular formula is C11H9N3O4. The molecule has 0 bridgehead atoms. The van der Waals surface area contributed by atoms with E-state index < -0.39 is 0 Å². The van der Waals surface area contributed by atoms with Crippen molar-refractivity contribution in [3.05, 3.63) is 29.6 Å². The van der Waals surface area contributed by atoms with E-state index >= 15 is 0 Å². The van der Waals surface area contributed by atoms with Crippen LogP contribution in [0.15, 0.2) is 22.8 Å². The molecule has 0 aliphatic carbocycles. The van der Waals surface area contributed by atoms with Crippen molar-refractivity contribution in [2.24, 2.45) is 0 Å². The van der Waals surface area contributed by atoms with Gasteiger partial charge in [0.1, 0.15) is 5.69 Å². The van der Waals surface area contributed by atoms with Crippen molar-refractivity contribution in [1.29, 1.82) is 0 Å². The maximum atomic E-state index is 11.9. The third kappa shape index (κ3) is 1.75. The molecule has 3 rings (SSSR count). The Morgan fingerprint density at radius 3 is 2.89 bits per heavy atom. The highest BCUT2D eigenvalue weighted by Gasteiger charge is 2.17. The van der Waals surface area contributed by atoms with Gasteiger partial charge in [-0.1, -0.05) is 5.16 Å². The van der Waals surface area contributed by atoms with Crippen LogP contribution in [0.3, 0.4) is 0 Å². The predicted octanol–water partition coefficient (Wildman–Crippen LogP) is 1.36. The molecule has 0 atom stereocenters. The summed E-state index contributed by atoms with van der Waals surface area (Å²) < 4.78 is 14.9. The summed E-state index contributed by atoms with van der Waals surface area (Å²) in [6.07, 6.45) is 0. The number of ether oxygens (including phenoxy) is 2. The molecular weight excluding hydrogens is 238 g/mol. The maximum Gasteiger partial charge on any atom is 0.279 e. The Kier molecular flexibility index (Phi) is 2.36. The van der Waals surface area contributed by atoms with E-state index in [1.54, 1.807) is 25.1 Å². The first-order chi connectivity index (χ1) is 8.74. The summed E-state index contributed by atoms with van der Waals surface area (Å²) >= 11 is 0. The van der Waals surface area contributed by atoms with Gasteiger partial charge in [0.2, 0.25) is 6.79 Å². The van der Waals surface area contributed by atoms with Gasteiger partial charge >= 0.3 is 0 Å². The number of aromatic nitrogens is 2. The van der Waals surface area contributed by atoms with Crippen LogP contribution < -0.4 is 14.8 Å². The van der Waals surface area contributed by atoms with Crippen LogP contribution in [-0.2, 0) is 0 Å². The quantitative estimate of drug-likeness (QED) is 0.862. The van der Waals surface area contributed by atoms with Crippen molar-refractivity contribution < 1.29 is 18.9 Å². The summed E-state index contributed by atoms with van der Waals surface area (Å²) in [5.74, 6) is 0.877. The Morgan fingerprint density at radius 2 is 2.11 bits per heavy atom. The van der Waals surface area contributed by atoms with Crippen LogP contribution >= 0.6 is 0 Å². The average molecular weight is 247 g/mol. The molecule has 7 heteroatoms. The number of aryl methyl sites for hydroxylation is 1. The summed E-state index contributed by atoms with van der Waals surface area (Å²) in [5.41, 5.74) is 1.19. The summed E-state index contributed by atoms with van der Waals surface area (Å²) in [6, 6.07) is 5.13. The van der Waals surface area contributed by atoms with Gasteiger partial charge in [-0.2, -0.15) is 0 Å². The van der Waals surface area contributed by atoms with E-state index in [-0.39, 0.29) is 18.4 Å². The molecule has 0 unspecified atom stereocenters. The summed E-state index contributed by atoms with van der Waals surface area (Å²) in [4.78, 5) is 11.9. The molecule has 18 heavy (non-hydrogen) atoms. The second kappa shape index (κ2) is 4.02. The van der Waals surface area contributed by atoms with Crippen LogP contribution in [0.4, 0.5) is 5.69 Å². The van der Waals surface area contributed by atoms with Gasteiger partial charge in [0.05, 0.1) is 0 Å². The Labute approximate surface area is 102 Å². The lowest BCUT2D eigenvalue weighted by molar-refractivity contribution is 0.101. The number of rotatable bonds is 2. The predicted molar refractivity (Wildman–Crippen MR) is 59.6 cm³/mol. The van der Waals surface area contributed by atoms with Crippen LogP contribution in [0.25, 0.3) is 0 Å². The van der Waals surface area contributed by atoms with Crippen LogP contribution in [0.1, 0.15) is 16.2 Å². The number of carbonyl (C=O) groups excluding carboxylic acids is 1. The fourth-order valence-electron chi connectivity index (χ4n) is 1.60. The molecule has 1 amide bonds. The molecule has 0 saturated heterocycles. The highest BCUT2D eigenvalue weighted by atomic mass is 16.7. The zero-order valence-electron chi connectivity index (χ0n) is 9.47. The van der Waals surface area contributed by atoms with Gasteiger partial charge in [-0.05, 0) is 24.2 Å². The number of carbonyl (C=O) groups is 1. The molecule has 2 aromatic rings. The molecule has 1 N–H and O–H groups in total. The van der Waals surface area contributed by atoms with Gasteiger partial charge in [0.15, 0.2) is 17.2 Å². The Morgan fingerprint density at radius 1 is 1.28 bits per heavy atom. The minimum Gasteiger partial charge on any atom is -0.454 e. The first-order valence-corrected chi connectivity index (χ1v) is 5.24. The minimum absolute atomic E-state index is 0.160. The van der Waals surface area contributed by atoms with Crippen molar-refractivity contribution >= 4 is 11.6 Å². The molecule has 2 heterocycles. The fourth-order valence-corrected chi connectivity index (χ4v) is 1.60. The lowest BCUT2D eigenvalue weighted by atomic mass is 10.2. The number of nitrogens with zero attached hydrogens (tertiary/aromatic N) is 2. The van der Waals surface area contributed by atoms with Crippen molar-refractivity contribution in [1.82, 2.24) is 10.3 Å². The van der Waals surface area contributed by atoms with Gasteiger partial charge in [-0.15, -0.1) is 0 Å². The molecule has 0 spiro atoms. The van der Waals surface area contributed by atoms with Crippen molar-refractivity contribution in [2.45, 2.75) is 6.92 Å². The highest BCUT2D eigenvalue weighted by molar-refractivity contribution is 6.03. The average Bonchev–Trinajstić information content (AvgIpc) is 2.96. The second-order valence-electron chi connectivity index (χ2n) is 3.72. The fraction of sp³-hybridized carbons (Fsp3) is 0.182. The third-order valence-electron chi connectivity index (χ3n) is 2.50. The largest absolute Gasteiger partial charge is 0.454 e. The van der Waals surface area contributed by atoms with E-state index in [0.29, 0.717) is 22.9 Å². The summed E-state index contributed by atoms with van der Waals surface area (Å²) in [5, 5.41) is 9.75. The van der Waals surface area contributed by atoms with Crippen LogP contribution in [-0.4, -0.2) is 23.0 Å². The molecule has 0 fully saturated rings. The standard InChI is InChI=1S/C11H9N3O4/c1-6-10(14-18-13-6)11(15)12-7-2-3-8-9(4-7)17-5-16-8/h2-4H,5H2,1H3,(H,12,15). The van der Waals surface area contributed by atoms with Gasteiger partial charge in [-0.25, -0.2) is 4.63 Å². The molecule has 1 aromatic carbocycles. The SMILES string of the molecule is Cc1nonc1C(=O)Nc1ccc2c(c1)OCO2. The zero-order chi connectivity index (χ0) is 12.5. The van der Waals surface area contributed by atoms with Gasteiger partial charge in [-0.3, -0.25) is 4.79 Å². The summed E-state index contributed by atoms with van der Waals surface area (Å²) in [7, 11) is 0. The molecule has 0 saturated carbocycles. The van der Waals surface area contributed by atoms with Gasteiger partial charge in [0.25, 0.3) is 5.91 Å². The van der Waals surface area contributed by atoms with E-state index in [0.717, 1.165) is 0 Å². The van der Waals surface area contributed by atoms with E-state index in [2.05, 4.69) is 20.3 Å². The highest BCUT2D eigenvalue weighted by Crippen LogP contribution is 2.34. The van der Waals surface area contributed by atoms with E-state index in [1.807, 2.05) is 0 Å². The number of anilines is 1. The maximum absolute atomic E-state index is 11.9. The third-order valence-corrected chi connectivity index (χ3v) is 2.50. The zero-order valence-corrected chi connectivity index (χ0v) is 9.47. The van der Waals surface area contributed by atoms with Gasteiger partial charge in [0, 0.05) is 11.8 Å². The monoisotopic (exact) mass is 247 g/mol. The van der Waals surface area contributed by atoms with E-state index in [4.69, 9.17) is 9.47 Å². The molecule has 0 radical (unpaired) electrons.